The molecule has 0 fully saturated rings. The van der Waals surface area contributed by atoms with Crippen LogP contribution in [0.5, 0.6) is 0 Å². The van der Waals surface area contributed by atoms with E-state index in [1.54, 1.807) is 0 Å². The molecule has 0 aliphatic rings. The van der Waals surface area contributed by atoms with Crippen LogP contribution in [0.2, 0.25) is 0 Å². The Morgan fingerprint density at radius 3 is 2.50 bits per heavy atom. The van der Waals surface area contributed by atoms with Crippen molar-refractivity contribution in [3.05, 3.63) is 46.8 Å². The number of anilines is 2. The fourth-order valence-electron chi connectivity index (χ4n) is 2.40. The van der Waals surface area contributed by atoms with E-state index in [1.165, 1.54) is 0 Å². The number of carbonyl (C=O) groups excluding carboxylic acids is 1. The number of hydrogen-bond donors (Lipinski definition) is 2. The highest BCUT2D eigenvalue weighted by Crippen LogP contribution is 2.13. The van der Waals surface area contributed by atoms with Crippen molar-refractivity contribution in [2.75, 3.05) is 37.4 Å². The van der Waals surface area contributed by atoms with Gasteiger partial charge < -0.3 is 15.5 Å². The minimum atomic E-state index is -0.0536. The van der Waals surface area contributed by atoms with Crippen LogP contribution in [0.15, 0.2) is 24.3 Å². The summed E-state index contributed by atoms with van der Waals surface area (Å²) < 4.78 is 0. The number of carbonyl (C=O) groups is 1. The van der Waals surface area contributed by atoms with Gasteiger partial charge in [0.2, 0.25) is 0 Å². The summed E-state index contributed by atoms with van der Waals surface area (Å²) in [6.07, 6.45) is 0. The molecule has 2 rings (SSSR count). The van der Waals surface area contributed by atoms with E-state index in [9.17, 15) is 4.79 Å². The van der Waals surface area contributed by atoms with Gasteiger partial charge in [-0.05, 0) is 32.4 Å². The molecule has 0 radical (unpaired) electrons. The van der Waals surface area contributed by atoms with Gasteiger partial charge in [-0.1, -0.05) is 17.7 Å². The van der Waals surface area contributed by atoms with Crippen molar-refractivity contribution < 1.29 is 4.79 Å². The summed E-state index contributed by atoms with van der Waals surface area (Å²) in [7, 11) is 3.88. The summed E-state index contributed by atoms with van der Waals surface area (Å²) in [5, 5.41) is 6.15. The fraction of sp³-hybridized carbons (Fsp3) is 0.389. The first-order valence-electron chi connectivity index (χ1n) is 7.99. The van der Waals surface area contributed by atoms with Crippen molar-refractivity contribution in [1.82, 2.24) is 15.3 Å². The minimum absolute atomic E-state index is 0.0536. The average molecular weight is 327 g/mol. The molecule has 6 heteroatoms. The summed E-state index contributed by atoms with van der Waals surface area (Å²) in [6, 6.07) is 7.72. The molecule has 1 aromatic carbocycles. The molecule has 0 unspecified atom stereocenters. The quantitative estimate of drug-likeness (QED) is 0.797. The maximum atomic E-state index is 12.2. The zero-order valence-electron chi connectivity index (χ0n) is 15.0. The third-order valence-electron chi connectivity index (χ3n) is 3.63. The van der Waals surface area contributed by atoms with E-state index in [-0.39, 0.29) is 5.91 Å². The number of amides is 1. The third-order valence-corrected chi connectivity index (χ3v) is 3.63. The molecule has 0 aliphatic carbocycles. The molecule has 24 heavy (non-hydrogen) atoms. The molecular formula is C18H25N5O. The topological polar surface area (TPSA) is 70.2 Å². The lowest BCUT2D eigenvalue weighted by molar-refractivity contribution is 0.0954. The van der Waals surface area contributed by atoms with Crippen LogP contribution in [0.4, 0.5) is 11.6 Å². The Kier molecular flexibility index (Phi) is 5.73. The van der Waals surface area contributed by atoms with Crippen molar-refractivity contribution in [2.45, 2.75) is 20.8 Å². The minimum Gasteiger partial charge on any atom is -0.368 e. The third kappa shape index (κ3) is 4.68. The van der Waals surface area contributed by atoms with Crippen LogP contribution in [0.1, 0.15) is 27.3 Å². The van der Waals surface area contributed by atoms with Gasteiger partial charge in [-0.2, -0.15) is 0 Å². The number of nitrogens with one attached hydrogen (secondary N) is 2. The molecule has 0 aliphatic heterocycles. The van der Waals surface area contributed by atoms with E-state index < -0.39 is 0 Å². The fourth-order valence-corrected chi connectivity index (χ4v) is 2.40. The van der Waals surface area contributed by atoms with E-state index in [1.807, 2.05) is 64.0 Å². The van der Waals surface area contributed by atoms with Gasteiger partial charge >= 0.3 is 0 Å². The molecule has 2 N–H and O–H groups in total. The van der Waals surface area contributed by atoms with Crippen molar-refractivity contribution in [3.8, 4) is 0 Å². The highest BCUT2D eigenvalue weighted by atomic mass is 16.1. The number of nitrogens with zero attached hydrogens (tertiary/aromatic N) is 3. The lowest BCUT2D eigenvalue weighted by atomic mass is 10.1. The van der Waals surface area contributed by atoms with E-state index in [4.69, 9.17) is 0 Å². The van der Waals surface area contributed by atoms with Gasteiger partial charge in [-0.25, -0.2) is 9.97 Å². The monoisotopic (exact) mass is 327 g/mol. The summed E-state index contributed by atoms with van der Waals surface area (Å²) in [6.45, 7) is 6.95. The van der Waals surface area contributed by atoms with Gasteiger partial charge in [-0.3, -0.25) is 4.79 Å². The molecule has 128 valence electrons. The van der Waals surface area contributed by atoms with Crippen LogP contribution in [-0.4, -0.2) is 43.1 Å². The van der Waals surface area contributed by atoms with Crippen LogP contribution in [0.3, 0.4) is 0 Å². The number of aromatic nitrogens is 2. The molecule has 1 amide bonds. The largest absolute Gasteiger partial charge is 0.368 e. The molecule has 2 aromatic rings. The Labute approximate surface area is 143 Å². The smallest absolute Gasteiger partial charge is 0.251 e. The highest BCUT2D eigenvalue weighted by molar-refractivity contribution is 5.95. The predicted molar refractivity (Wildman–Crippen MR) is 97.8 cm³/mol. The normalized spacial score (nSPS) is 10.4. The van der Waals surface area contributed by atoms with Crippen LogP contribution in [0.25, 0.3) is 0 Å². The molecule has 1 aromatic heterocycles. The van der Waals surface area contributed by atoms with Gasteiger partial charge in [-0.15, -0.1) is 0 Å². The molecule has 0 saturated carbocycles. The van der Waals surface area contributed by atoms with Crippen molar-refractivity contribution in [2.24, 2.45) is 0 Å². The van der Waals surface area contributed by atoms with Crippen LogP contribution < -0.4 is 15.5 Å². The summed E-state index contributed by atoms with van der Waals surface area (Å²) in [5.74, 6) is 2.27. The van der Waals surface area contributed by atoms with Gasteiger partial charge in [0, 0.05) is 38.8 Å². The first-order valence-corrected chi connectivity index (χ1v) is 7.99. The molecule has 6 nitrogen and oxygen atoms in total. The summed E-state index contributed by atoms with van der Waals surface area (Å²) in [4.78, 5) is 22.9. The SMILES string of the molecule is Cc1ccc(C(=O)NCCNc2cc(N(C)C)nc(C)n2)c(C)c1. The molecule has 1 heterocycles. The molecule has 0 bridgehead atoms. The number of rotatable bonds is 6. The van der Waals surface area contributed by atoms with Gasteiger partial charge in [0.15, 0.2) is 0 Å². The Bertz CT molecular complexity index is 727. The zero-order chi connectivity index (χ0) is 17.7. The Morgan fingerprint density at radius 1 is 1.08 bits per heavy atom. The van der Waals surface area contributed by atoms with Crippen molar-refractivity contribution in [1.29, 1.82) is 0 Å². The second-order valence-corrected chi connectivity index (χ2v) is 6.05. The molecule has 0 spiro atoms. The lowest BCUT2D eigenvalue weighted by Crippen LogP contribution is -2.29. The second-order valence-electron chi connectivity index (χ2n) is 6.05. The van der Waals surface area contributed by atoms with Crippen molar-refractivity contribution >= 4 is 17.5 Å². The van der Waals surface area contributed by atoms with E-state index in [0.29, 0.717) is 24.5 Å². The van der Waals surface area contributed by atoms with Gasteiger partial charge in [0.25, 0.3) is 5.91 Å². The van der Waals surface area contributed by atoms with Crippen molar-refractivity contribution in [3.63, 3.8) is 0 Å². The van der Waals surface area contributed by atoms with E-state index in [2.05, 4.69) is 20.6 Å². The van der Waals surface area contributed by atoms with Crippen LogP contribution in [-0.2, 0) is 0 Å². The molecular weight excluding hydrogens is 302 g/mol. The van der Waals surface area contributed by atoms with Crippen LogP contribution in [0, 0.1) is 20.8 Å². The average Bonchev–Trinajstić information content (AvgIpc) is 2.50. The Morgan fingerprint density at radius 2 is 1.83 bits per heavy atom. The first-order chi connectivity index (χ1) is 11.4. The second kappa shape index (κ2) is 7.77. The van der Waals surface area contributed by atoms with Gasteiger partial charge in [0.05, 0.1) is 0 Å². The number of hydrogen-bond acceptors (Lipinski definition) is 5. The maximum absolute atomic E-state index is 12.2. The van der Waals surface area contributed by atoms with Crippen LogP contribution >= 0.6 is 0 Å². The van der Waals surface area contributed by atoms with E-state index >= 15 is 0 Å². The molecule has 0 atom stereocenters. The maximum Gasteiger partial charge on any atom is 0.251 e. The predicted octanol–water partition coefficient (Wildman–Crippen LogP) is 2.31. The highest BCUT2D eigenvalue weighted by Gasteiger charge is 2.08. The number of benzene rings is 1. The van der Waals surface area contributed by atoms with Gasteiger partial charge in [0.1, 0.15) is 17.5 Å². The Balaban J connectivity index is 1.88. The standard InChI is InChI=1S/C18H25N5O/c1-12-6-7-15(13(2)10-12)18(24)20-9-8-19-16-11-17(23(4)5)22-14(3)21-16/h6-7,10-11H,8-9H2,1-5H3,(H,20,24)(H,19,21,22). The van der Waals surface area contributed by atoms with E-state index in [0.717, 1.165) is 22.8 Å². The number of aryl methyl sites for hydroxylation is 3. The molecule has 0 saturated heterocycles. The summed E-state index contributed by atoms with van der Waals surface area (Å²) >= 11 is 0. The summed E-state index contributed by atoms with van der Waals surface area (Å²) in [5.41, 5.74) is 2.86. The lowest BCUT2D eigenvalue weighted by Gasteiger charge is -2.14. The Hall–Kier alpha value is -2.63. The first kappa shape index (κ1) is 17.7. The zero-order valence-corrected chi connectivity index (χ0v) is 15.0.